The fourth-order valence-electron chi connectivity index (χ4n) is 3.91. The van der Waals surface area contributed by atoms with Crippen molar-refractivity contribution in [3.05, 3.63) is 52.5 Å². The fourth-order valence-corrected chi connectivity index (χ4v) is 4.55. The van der Waals surface area contributed by atoms with Crippen LogP contribution in [0.3, 0.4) is 0 Å². The number of fused-ring (bicyclic) bond motifs is 1. The van der Waals surface area contributed by atoms with E-state index in [-0.39, 0.29) is 5.91 Å². The highest BCUT2D eigenvalue weighted by molar-refractivity contribution is 7.12. The molecule has 2 aromatic heterocycles. The first-order valence-electron chi connectivity index (χ1n) is 11.6. The van der Waals surface area contributed by atoms with Gasteiger partial charge in [0.2, 0.25) is 0 Å². The van der Waals surface area contributed by atoms with Gasteiger partial charge in [-0.1, -0.05) is 70.1 Å². The number of benzene rings is 1. The summed E-state index contributed by atoms with van der Waals surface area (Å²) < 4.78 is 2.40. The third-order valence-corrected chi connectivity index (χ3v) is 6.45. The summed E-state index contributed by atoms with van der Waals surface area (Å²) in [4.78, 5) is 17.7. The molecule has 0 aliphatic carbocycles. The molecule has 162 valence electrons. The molecule has 4 nitrogen and oxygen atoms in total. The summed E-state index contributed by atoms with van der Waals surface area (Å²) in [6, 6.07) is 12.2. The molecule has 5 heteroatoms. The zero-order valence-corrected chi connectivity index (χ0v) is 19.1. The van der Waals surface area contributed by atoms with Crippen LogP contribution in [0.1, 0.15) is 80.2 Å². The molecule has 3 rings (SSSR count). The third kappa shape index (κ3) is 6.69. The molecule has 0 aliphatic rings. The van der Waals surface area contributed by atoms with Gasteiger partial charge < -0.3 is 9.88 Å². The number of hydrogen-bond donors (Lipinski definition) is 1. The molecule has 2 heterocycles. The summed E-state index contributed by atoms with van der Waals surface area (Å²) in [5, 5.41) is 4.96. The highest BCUT2D eigenvalue weighted by atomic mass is 32.1. The van der Waals surface area contributed by atoms with E-state index in [9.17, 15) is 4.79 Å². The highest BCUT2D eigenvalue weighted by Crippen LogP contribution is 2.19. The Balaban J connectivity index is 1.47. The monoisotopic (exact) mass is 425 g/mol. The SMILES string of the molecule is CCCCCCCCCCn1c(CCCNC(=O)c2cccs2)nc2ccccc21. The summed E-state index contributed by atoms with van der Waals surface area (Å²) in [5.41, 5.74) is 2.31. The normalized spacial score (nSPS) is 11.2. The Morgan fingerprint density at radius 3 is 2.50 bits per heavy atom. The van der Waals surface area contributed by atoms with Gasteiger partial charge in [-0.3, -0.25) is 4.79 Å². The number of nitrogens with one attached hydrogen (secondary N) is 1. The Morgan fingerprint density at radius 2 is 1.73 bits per heavy atom. The maximum Gasteiger partial charge on any atom is 0.261 e. The predicted octanol–water partition coefficient (Wildman–Crippen LogP) is 6.60. The van der Waals surface area contributed by atoms with Crippen LogP contribution in [0.2, 0.25) is 0 Å². The molecule has 0 aliphatic heterocycles. The van der Waals surface area contributed by atoms with E-state index in [0.717, 1.165) is 35.6 Å². The van der Waals surface area contributed by atoms with Gasteiger partial charge in [-0.25, -0.2) is 4.98 Å². The second-order valence-electron chi connectivity index (χ2n) is 7.98. The van der Waals surface area contributed by atoms with Crippen molar-refractivity contribution in [1.82, 2.24) is 14.9 Å². The Kier molecular flexibility index (Phi) is 9.42. The Hall–Kier alpha value is -2.14. The van der Waals surface area contributed by atoms with Crippen LogP contribution in [0.25, 0.3) is 11.0 Å². The summed E-state index contributed by atoms with van der Waals surface area (Å²) in [5.74, 6) is 1.17. The second kappa shape index (κ2) is 12.5. The molecule has 30 heavy (non-hydrogen) atoms. The van der Waals surface area contributed by atoms with E-state index in [0.29, 0.717) is 6.54 Å². The molecule has 1 aromatic carbocycles. The molecule has 3 aromatic rings. The quantitative estimate of drug-likeness (QED) is 0.296. The maximum atomic E-state index is 12.1. The number of amides is 1. The Bertz CT molecular complexity index is 885. The number of rotatable bonds is 14. The number of nitrogens with zero attached hydrogens (tertiary/aromatic N) is 2. The largest absolute Gasteiger partial charge is 0.351 e. The number of carbonyl (C=O) groups is 1. The molecule has 0 spiro atoms. The first kappa shape index (κ1) is 22.5. The predicted molar refractivity (Wildman–Crippen MR) is 127 cm³/mol. The molecular formula is C25H35N3OS. The molecule has 0 radical (unpaired) electrons. The third-order valence-electron chi connectivity index (χ3n) is 5.58. The lowest BCUT2D eigenvalue weighted by molar-refractivity contribution is 0.0957. The number of hydrogen-bond acceptors (Lipinski definition) is 3. The second-order valence-corrected chi connectivity index (χ2v) is 8.93. The van der Waals surface area contributed by atoms with E-state index in [1.54, 1.807) is 0 Å². The average Bonchev–Trinajstić information content (AvgIpc) is 3.41. The van der Waals surface area contributed by atoms with E-state index in [1.165, 1.54) is 68.2 Å². The molecule has 0 atom stereocenters. The van der Waals surface area contributed by atoms with Gasteiger partial charge in [0.25, 0.3) is 5.91 Å². The van der Waals surface area contributed by atoms with E-state index < -0.39 is 0 Å². The zero-order valence-electron chi connectivity index (χ0n) is 18.2. The summed E-state index contributed by atoms with van der Waals surface area (Å²) >= 11 is 1.48. The molecule has 0 saturated heterocycles. The number of aromatic nitrogens is 2. The van der Waals surface area contributed by atoms with Crippen molar-refractivity contribution in [3.8, 4) is 0 Å². The number of aryl methyl sites for hydroxylation is 2. The molecule has 1 amide bonds. The summed E-state index contributed by atoms with van der Waals surface area (Å²) in [6.07, 6.45) is 12.4. The molecule has 0 bridgehead atoms. The highest BCUT2D eigenvalue weighted by Gasteiger charge is 2.11. The van der Waals surface area contributed by atoms with Crippen molar-refractivity contribution >= 4 is 28.3 Å². The van der Waals surface area contributed by atoms with Gasteiger partial charge >= 0.3 is 0 Å². The maximum absolute atomic E-state index is 12.1. The minimum absolute atomic E-state index is 0.0254. The number of carbonyl (C=O) groups excluding carboxylic acids is 1. The topological polar surface area (TPSA) is 46.9 Å². The number of imidazole rings is 1. The van der Waals surface area contributed by atoms with Gasteiger partial charge in [0.05, 0.1) is 15.9 Å². The lowest BCUT2D eigenvalue weighted by atomic mass is 10.1. The minimum atomic E-state index is 0.0254. The smallest absolute Gasteiger partial charge is 0.261 e. The lowest BCUT2D eigenvalue weighted by Crippen LogP contribution is -2.24. The first-order valence-corrected chi connectivity index (χ1v) is 12.4. The van der Waals surface area contributed by atoms with Gasteiger partial charge in [-0.05, 0) is 36.4 Å². The van der Waals surface area contributed by atoms with E-state index in [2.05, 4.69) is 41.1 Å². The number of unbranched alkanes of at least 4 members (excludes halogenated alkanes) is 7. The van der Waals surface area contributed by atoms with Crippen LogP contribution >= 0.6 is 11.3 Å². The minimum Gasteiger partial charge on any atom is -0.351 e. The van der Waals surface area contributed by atoms with E-state index >= 15 is 0 Å². The van der Waals surface area contributed by atoms with Crippen molar-refractivity contribution in [2.75, 3.05) is 6.54 Å². The van der Waals surface area contributed by atoms with Crippen molar-refractivity contribution in [3.63, 3.8) is 0 Å². The van der Waals surface area contributed by atoms with E-state index in [1.807, 2.05) is 17.5 Å². The van der Waals surface area contributed by atoms with Crippen LogP contribution < -0.4 is 5.32 Å². The average molecular weight is 426 g/mol. The standard InChI is InChI=1S/C25H35N3OS/c1-2-3-4-5-6-7-8-11-19-28-22-15-10-9-14-21(22)27-24(28)17-12-18-26-25(29)23-16-13-20-30-23/h9-10,13-16,20H,2-8,11-12,17-19H2,1H3,(H,26,29). The van der Waals surface area contributed by atoms with E-state index in [4.69, 9.17) is 4.98 Å². The van der Waals surface area contributed by atoms with Gasteiger partial charge in [-0.2, -0.15) is 0 Å². The van der Waals surface area contributed by atoms with Gasteiger partial charge in [0.15, 0.2) is 0 Å². The lowest BCUT2D eigenvalue weighted by Gasteiger charge is -2.10. The molecule has 0 fully saturated rings. The van der Waals surface area contributed by atoms with Crippen LogP contribution in [-0.4, -0.2) is 22.0 Å². The molecule has 1 N–H and O–H groups in total. The molecule has 0 saturated carbocycles. The van der Waals surface area contributed by atoms with Crippen LogP contribution in [-0.2, 0) is 13.0 Å². The van der Waals surface area contributed by atoms with Crippen LogP contribution in [0.15, 0.2) is 41.8 Å². The van der Waals surface area contributed by atoms with Gasteiger partial charge in [0, 0.05) is 19.5 Å². The molecule has 0 unspecified atom stereocenters. The first-order chi connectivity index (χ1) is 14.8. The van der Waals surface area contributed by atoms with Crippen LogP contribution in [0, 0.1) is 0 Å². The zero-order chi connectivity index (χ0) is 21.0. The van der Waals surface area contributed by atoms with Gasteiger partial charge in [0.1, 0.15) is 5.82 Å². The Morgan fingerprint density at radius 1 is 0.967 bits per heavy atom. The van der Waals surface area contributed by atoms with Crippen LogP contribution in [0.4, 0.5) is 0 Å². The fraction of sp³-hybridized carbons (Fsp3) is 0.520. The van der Waals surface area contributed by atoms with Crippen LogP contribution in [0.5, 0.6) is 0 Å². The van der Waals surface area contributed by atoms with Crippen molar-refractivity contribution in [2.45, 2.75) is 77.7 Å². The summed E-state index contributed by atoms with van der Waals surface area (Å²) in [6.45, 7) is 3.98. The number of thiophene rings is 1. The van der Waals surface area contributed by atoms with Crippen molar-refractivity contribution in [1.29, 1.82) is 0 Å². The molecular weight excluding hydrogens is 390 g/mol. The summed E-state index contributed by atoms with van der Waals surface area (Å²) in [7, 11) is 0. The number of para-hydroxylation sites is 2. The van der Waals surface area contributed by atoms with Gasteiger partial charge in [-0.15, -0.1) is 11.3 Å². The van der Waals surface area contributed by atoms with Crippen molar-refractivity contribution < 1.29 is 4.79 Å². The Labute approximate surface area is 184 Å². The van der Waals surface area contributed by atoms with Crippen molar-refractivity contribution in [2.24, 2.45) is 0 Å².